The van der Waals surface area contributed by atoms with Crippen LogP contribution in [0.5, 0.6) is 0 Å². The van der Waals surface area contributed by atoms with Crippen LogP contribution in [0.25, 0.3) is 21.3 Å². The van der Waals surface area contributed by atoms with E-state index < -0.39 is 0 Å². The van der Waals surface area contributed by atoms with Crippen LogP contribution in [0.3, 0.4) is 0 Å². The van der Waals surface area contributed by atoms with Crippen molar-refractivity contribution >= 4 is 39.3 Å². The number of thiophene rings is 1. The lowest BCUT2D eigenvalue weighted by molar-refractivity contribution is 0.121. The van der Waals surface area contributed by atoms with E-state index in [4.69, 9.17) is 9.72 Å². The Labute approximate surface area is 200 Å². The molecule has 1 fully saturated rings. The summed E-state index contributed by atoms with van der Waals surface area (Å²) in [7, 11) is 0. The molecule has 172 valence electrons. The first kappa shape index (κ1) is 22.1. The minimum atomic E-state index is -0.0958. The molecule has 1 saturated heterocycles. The highest BCUT2D eigenvalue weighted by atomic mass is 32.2. The van der Waals surface area contributed by atoms with Crippen molar-refractivity contribution in [1.82, 2.24) is 24.7 Å². The number of hydrogen-bond donors (Lipinski definition) is 1. The van der Waals surface area contributed by atoms with Crippen molar-refractivity contribution in [2.75, 3.05) is 31.2 Å². The zero-order chi connectivity index (χ0) is 22.9. The molecular formula is C23H26N6O2S2. The van der Waals surface area contributed by atoms with E-state index >= 15 is 0 Å². The lowest BCUT2D eigenvalue weighted by Crippen LogP contribution is -2.38. The van der Waals surface area contributed by atoms with Gasteiger partial charge in [0.25, 0.3) is 5.56 Å². The van der Waals surface area contributed by atoms with Crippen LogP contribution in [0.1, 0.15) is 23.2 Å². The van der Waals surface area contributed by atoms with Crippen molar-refractivity contribution in [2.45, 2.75) is 38.2 Å². The van der Waals surface area contributed by atoms with Gasteiger partial charge >= 0.3 is 0 Å². The van der Waals surface area contributed by atoms with E-state index in [1.165, 1.54) is 17.3 Å². The third-order valence-electron chi connectivity index (χ3n) is 5.77. The molecule has 0 amide bonds. The van der Waals surface area contributed by atoms with Crippen molar-refractivity contribution in [1.29, 1.82) is 0 Å². The summed E-state index contributed by atoms with van der Waals surface area (Å²) >= 11 is 3.11. The zero-order valence-corrected chi connectivity index (χ0v) is 20.6. The molecule has 8 nitrogen and oxygen atoms in total. The van der Waals surface area contributed by atoms with Crippen molar-refractivity contribution in [2.24, 2.45) is 0 Å². The third-order valence-corrected chi connectivity index (χ3v) is 7.75. The summed E-state index contributed by atoms with van der Waals surface area (Å²) in [6.45, 7) is 10.0. The first-order chi connectivity index (χ1) is 16.0. The highest BCUT2D eigenvalue weighted by Crippen LogP contribution is 2.36. The average molecular weight is 483 g/mol. The molecular weight excluding hydrogens is 456 g/mol. The van der Waals surface area contributed by atoms with Gasteiger partial charge in [0.1, 0.15) is 10.7 Å². The summed E-state index contributed by atoms with van der Waals surface area (Å²) in [4.78, 5) is 24.9. The number of aromatic nitrogens is 5. The van der Waals surface area contributed by atoms with Gasteiger partial charge in [-0.15, -0.1) is 21.5 Å². The number of morpholine rings is 1. The molecule has 0 radical (unpaired) electrons. The standard InChI is InChI=1S/C23H26N6O2S2/c1-4-29-22(28-9-11-31-12-10-28)26-27-23(29)32-13-17-24-20(30)19-18(15(3)33-21(19)25-17)16-7-5-14(2)6-8-16/h5-8H,4,9-13H2,1-3H3,(H,24,25,30). The number of H-pyrrole nitrogens is 1. The number of thioether (sulfide) groups is 1. The van der Waals surface area contributed by atoms with Crippen LogP contribution in [-0.2, 0) is 17.0 Å². The molecule has 0 bridgehead atoms. The molecule has 1 aliphatic heterocycles. The normalized spacial score (nSPS) is 14.3. The van der Waals surface area contributed by atoms with Crippen molar-refractivity contribution in [3.63, 3.8) is 0 Å². The molecule has 0 atom stereocenters. The lowest BCUT2D eigenvalue weighted by atomic mass is 10.0. The minimum Gasteiger partial charge on any atom is -0.378 e. The van der Waals surface area contributed by atoms with Crippen LogP contribution in [0.2, 0.25) is 0 Å². The smallest absolute Gasteiger partial charge is 0.260 e. The fourth-order valence-corrected chi connectivity index (χ4v) is 6.03. The number of rotatable bonds is 6. The van der Waals surface area contributed by atoms with Gasteiger partial charge in [-0.3, -0.25) is 9.36 Å². The quantitative estimate of drug-likeness (QED) is 0.415. The Morgan fingerprint density at radius 1 is 1.15 bits per heavy atom. The summed E-state index contributed by atoms with van der Waals surface area (Å²) in [5.41, 5.74) is 3.12. The van der Waals surface area contributed by atoms with Crippen molar-refractivity contribution < 1.29 is 4.74 Å². The van der Waals surface area contributed by atoms with Crippen LogP contribution >= 0.6 is 23.1 Å². The number of aryl methyl sites for hydroxylation is 2. The summed E-state index contributed by atoms with van der Waals surface area (Å²) in [5.74, 6) is 2.04. The molecule has 1 aromatic carbocycles. The van der Waals surface area contributed by atoms with E-state index in [0.717, 1.165) is 51.6 Å². The van der Waals surface area contributed by atoms with Crippen molar-refractivity contribution in [3.8, 4) is 11.1 Å². The van der Waals surface area contributed by atoms with Crippen molar-refractivity contribution in [3.05, 3.63) is 50.9 Å². The van der Waals surface area contributed by atoms with Gasteiger partial charge in [-0.25, -0.2) is 4.98 Å². The maximum Gasteiger partial charge on any atom is 0.260 e. The second-order valence-electron chi connectivity index (χ2n) is 8.01. The number of nitrogens with zero attached hydrogens (tertiary/aromatic N) is 5. The zero-order valence-electron chi connectivity index (χ0n) is 18.9. The van der Waals surface area contributed by atoms with Gasteiger partial charge in [0.2, 0.25) is 5.95 Å². The maximum atomic E-state index is 13.1. The first-order valence-corrected chi connectivity index (χ1v) is 12.8. The Balaban J connectivity index is 1.41. The highest BCUT2D eigenvalue weighted by Gasteiger charge is 2.21. The Kier molecular flexibility index (Phi) is 6.22. The number of hydrogen-bond acceptors (Lipinski definition) is 8. The summed E-state index contributed by atoms with van der Waals surface area (Å²) < 4.78 is 7.56. The molecule has 0 aliphatic carbocycles. The van der Waals surface area contributed by atoms with Crippen LogP contribution in [0, 0.1) is 13.8 Å². The van der Waals surface area contributed by atoms with Crippen LogP contribution < -0.4 is 10.5 Å². The predicted molar refractivity (Wildman–Crippen MR) is 133 cm³/mol. The minimum absolute atomic E-state index is 0.0958. The van der Waals surface area contributed by atoms with Gasteiger partial charge in [0.05, 0.1) is 24.4 Å². The molecule has 4 aromatic rings. The maximum absolute atomic E-state index is 13.1. The molecule has 0 unspecified atom stereocenters. The molecule has 0 saturated carbocycles. The molecule has 10 heteroatoms. The molecule has 5 rings (SSSR count). The van der Waals surface area contributed by atoms with Gasteiger partial charge in [0.15, 0.2) is 5.16 Å². The van der Waals surface area contributed by atoms with Gasteiger partial charge in [-0.1, -0.05) is 41.6 Å². The SMILES string of the molecule is CCn1c(SCc2nc3sc(C)c(-c4ccc(C)cc4)c3c(=O)[nH]2)nnc1N1CCOCC1. The Hall–Kier alpha value is -2.69. The highest BCUT2D eigenvalue weighted by molar-refractivity contribution is 7.98. The van der Waals surface area contributed by atoms with Gasteiger partial charge in [-0.2, -0.15) is 0 Å². The second kappa shape index (κ2) is 9.28. The Morgan fingerprint density at radius 3 is 2.64 bits per heavy atom. The van der Waals surface area contributed by atoms with Gasteiger partial charge in [0, 0.05) is 30.1 Å². The van der Waals surface area contributed by atoms with E-state index in [0.29, 0.717) is 30.2 Å². The molecule has 33 heavy (non-hydrogen) atoms. The third kappa shape index (κ3) is 4.30. The van der Waals surface area contributed by atoms with Crippen LogP contribution in [0.4, 0.5) is 5.95 Å². The summed E-state index contributed by atoms with van der Waals surface area (Å²) in [6, 6.07) is 8.27. The van der Waals surface area contributed by atoms with E-state index in [9.17, 15) is 4.79 Å². The number of ether oxygens (including phenoxy) is 1. The molecule has 1 aliphatic rings. The number of aromatic amines is 1. The Bertz CT molecular complexity index is 1340. The number of nitrogens with one attached hydrogen (secondary N) is 1. The second-order valence-corrected chi connectivity index (χ2v) is 10.2. The topological polar surface area (TPSA) is 88.9 Å². The molecule has 4 heterocycles. The van der Waals surface area contributed by atoms with E-state index in [2.05, 4.69) is 62.8 Å². The summed E-state index contributed by atoms with van der Waals surface area (Å²) in [5, 5.41) is 10.3. The van der Waals surface area contributed by atoms with Gasteiger partial charge in [-0.05, 0) is 26.3 Å². The fourth-order valence-electron chi connectivity index (χ4n) is 4.09. The Morgan fingerprint density at radius 2 is 1.91 bits per heavy atom. The van der Waals surface area contributed by atoms with E-state index in [1.54, 1.807) is 11.3 Å². The van der Waals surface area contributed by atoms with Crippen LogP contribution in [0.15, 0.2) is 34.2 Å². The number of anilines is 1. The number of fused-ring (bicyclic) bond motifs is 1. The lowest BCUT2D eigenvalue weighted by Gasteiger charge is -2.27. The van der Waals surface area contributed by atoms with Crippen LogP contribution in [-0.4, -0.2) is 51.0 Å². The van der Waals surface area contributed by atoms with E-state index in [-0.39, 0.29) is 5.56 Å². The molecule has 3 aromatic heterocycles. The predicted octanol–water partition coefficient (Wildman–Crippen LogP) is 4.01. The molecule has 0 spiro atoms. The van der Waals surface area contributed by atoms with Gasteiger partial charge < -0.3 is 14.6 Å². The monoisotopic (exact) mass is 482 g/mol. The largest absolute Gasteiger partial charge is 0.378 e. The average Bonchev–Trinajstić information content (AvgIpc) is 3.39. The number of benzene rings is 1. The molecule has 1 N–H and O–H groups in total. The fraction of sp³-hybridized carbons (Fsp3) is 0.391. The summed E-state index contributed by atoms with van der Waals surface area (Å²) in [6.07, 6.45) is 0. The first-order valence-electron chi connectivity index (χ1n) is 11.0. The van der Waals surface area contributed by atoms with E-state index in [1.807, 2.05) is 6.92 Å².